The first-order chi connectivity index (χ1) is 6.09. The molecule has 0 atom stereocenters. The highest BCUT2D eigenvalue weighted by molar-refractivity contribution is 6.61. The van der Waals surface area contributed by atoms with Crippen LogP contribution in [0.25, 0.3) is 0 Å². The van der Waals surface area contributed by atoms with E-state index in [9.17, 15) is 9.82 Å². The molecule has 0 fully saturated rings. The summed E-state index contributed by atoms with van der Waals surface area (Å²) >= 11 is 0. The van der Waals surface area contributed by atoms with Crippen molar-refractivity contribution in [2.75, 3.05) is 0 Å². The second-order valence-electron chi connectivity index (χ2n) is 2.65. The zero-order chi connectivity index (χ0) is 9.84. The highest BCUT2D eigenvalue weighted by Crippen LogP contribution is 1.94. The van der Waals surface area contributed by atoms with Crippen molar-refractivity contribution in [1.29, 1.82) is 0 Å². The Morgan fingerprint density at radius 3 is 2.38 bits per heavy atom. The average molecular weight is 180 g/mol. The molecule has 0 aliphatic rings. The monoisotopic (exact) mass is 180 g/mol. The maximum absolute atomic E-state index is 10.1. The molecule has 0 radical (unpaired) electrons. The third-order valence-corrected chi connectivity index (χ3v) is 1.57. The molecule has 0 saturated carbocycles. The number of aryl methyl sites for hydroxylation is 1. The molecule has 1 rings (SSSR count). The van der Waals surface area contributed by atoms with Crippen molar-refractivity contribution >= 4 is 18.7 Å². The van der Waals surface area contributed by atoms with Crippen LogP contribution in [0.5, 0.6) is 0 Å². The summed E-state index contributed by atoms with van der Waals surface area (Å²) in [4.78, 5) is 10.1. The zero-order valence-corrected chi connectivity index (χ0v) is 7.10. The number of hydrogen-bond acceptors (Lipinski definition) is 3. The van der Waals surface area contributed by atoms with Gasteiger partial charge in [-0.15, -0.1) is 0 Å². The summed E-state index contributed by atoms with van der Waals surface area (Å²) in [5.74, 6) is 0. The summed E-state index contributed by atoms with van der Waals surface area (Å²) in [5.41, 5.74) is 1.46. The zero-order valence-electron chi connectivity index (χ0n) is 7.10. The van der Waals surface area contributed by atoms with E-state index in [1.807, 2.05) is 6.92 Å². The molecule has 0 bridgehead atoms. The first kappa shape index (κ1) is 9.60. The van der Waals surface area contributed by atoms with Gasteiger partial charge in [0, 0.05) is 0 Å². The number of carbonyl (C=O) groups is 1. The first-order valence-corrected chi connectivity index (χ1v) is 3.74. The topological polar surface area (TPSA) is 66.8 Å². The molecule has 0 amide bonds. The lowest BCUT2D eigenvalue weighted by atomic mass is 9.79. The van der Waals surface area contributed by atoms with Gasteiger partial charge in [-0.3, -0.25) is 0 Å². The highest BCUT2D eigenvalue weighted by Gasteiger charge is 2.20. The molecular formula is C8H9BO4. The highest BCUT2D eigenvalue weighted by atomic mass is 16.7. The quantitative estimate of drug-likeness (QED) is 0.645. The Morgan fingerprint density at radius 1 is 1.38 bits per heavy atom. The second-order valence-corrected chi connectivity index (χ2v) is 2.65. The summed E-state index contributed by atoms with van der Waals surface area (Å²) < 4.78 is 4.15. The normalized spacial score (nSPS) is 9.38. The fourth-order valence-electron chi connectivity index (χ4n) is 0.895. The maximum atomic E-state index is 10.1. The minimum atomic E-state index is -1.49. The Kier molecular flexibility index (Phi) is 2.92. The van der Waals surface area contributed by atoms with Crippen molar-refractivity contribution in [3.63, 3.8) is 0 Å². The van der Waals surface area contributed by atoms with Gasteiger partial charge >= 0.3 is 13.3 Å². The van der Waals surface area contributed by atoms with E-state index < -0.39 is 13.3 Å². The molecule has 0 aliphatic carbocycles. The summed E-state index contributed by atoms with van der Waals surface area (Å²) in [6.07, 6.45) is -1.49. The van der Waals surface area contributed by atoms with Gasteiger partial charge in [-0.1, -0.05) is 29.8 Å². The Morgan fingerprint density at radius 2 is 1.92 bits per heavy atom. The predicted octanol–water partition coefficient (Wildman–Crippen LogP) is 0.377. The number of carboxylic acid groups (broad SMARTS) is 1. The summed E-state index contributed by atoms with van der Waals surface area (Å²) in [6.45, 7) is 1.90. The fourth-order valence-corrected chi connectivity index (χ4v) is 0.895. The van der Waals surface area contributed by atoms with Crippen molar-refractivity contribution in [3.05, 3.63) is 29.8 Å². The van der Waals surface area contributed by atoms with E-state index in [1.165, 1.54) is 0 Å². The second kappa shape index (κ2) is 3.95. The summed E-state index contributed by atoms with van der Waals surface area (Å²) in [7, 11) is -1.40. The molecule has 4 nitrogen and oxygen atoms in total. The third-order valence-electron chi connectivity index (χ3n) is 1.57. The third kappa shape index (κ3) is 2.80. The number of hydrogen-bond donors (Lipinski definition) is 2. The lowest BCUT2D eigenvalue weighted by Gasteiger charge is -2.04. The van der Waals surface area contributed by atoms with Crippen LogP contribution in [0.3, 0.4) is 0 Å². The van der Waals surface area contributed by atoms with Crippen LogP contribution in [0.4, 0.5) is 4.79 Å². The molecule has 0 unspecified atom stereocenters. The largest absolute Gasteiger partial charge is 0.564 e. The van der Waals surface area contributed by atoms with Crippen LogP contribution in [-0.4, -0.2) is 23.4 Å². The van der Waals surface area contributed by atoms with E-state index in [0.29, 0.717) is 5.46 Å². The maximum Gasteiger partial charge on any atom is 0.564 e. The van der Waals surface area contributed by atoms with E-state index >= 15 is 0 Å². The van der Waals surface area contributed by atoms with Gasteiger partial charge in [0.25, 0.3) is 0 Å². The van der Waals surface area contributed by atoms with Gasteiger partial charge in [-0.05, 0) is 12.4 Å². The van der Waals surface area contributed by atoms with Crippen LogP contribution in [0.15, 0.2) is 24.3 Å². The van der Waals surface area contributed by atoms with Gasteiger partial charge in [0.15, 0.2) is 0 Å². The molecular weight excluding hydrogens is 171 g/mol. The molecule has 0 spiro atoms. The van der Waals surface area contributed by atoms with Crippen LogP contribution in [0, 0.1) is 6.92 Å². The molecule has 5 heteroatoms. The van der Waals surface area contributed by atoms with E-state index in [4.69, 9.17) is 5.11 Å². The van der Waals surface area contributed by atoms with Crippen molar-refractivity contribution < 1.29 is 19.6 Å². The van der Waals surface area contributed by atoms with E-state index in [1.54, 1.807) is 24.3 Å². The Balaban J connectivity index is 2.71. The average Bonchev–Trinajstić information content (AvgIpc) is 2.04. The lowest BCUT2D eigenvalue weighted by Crippen LogP contribution is -2.35. The van der Waals surface area contributed by atoms with E-state index in [2.05, 4.69) is 4.65 Å². The molecule has 1 aromatic rings. The van der Waals surface area contributed by atoms with Crippen molar-refractivity contribution in [1.82, 2.24) is 0 Å². The Bertz CT molecular complexity index is 296. The number of rotatable bonds is 2. The van der Waals surface area contributed by atoms with E-state index in [0.717, 1.165) is 5.56 Å². The van der Waals surface area contributed by atoms with Crippen molar-refractivity contribution in [2.45, 2.75) is 6.92 Å². The predicted molar refractivity (Wildman–Crippen MR) is 47.9 cm³/mol. The van der Waals surface area contributed by atoms with Crippen molar-refractivity contribution in [3.8, 4) is 0 Å². The van der Waals surface area contributed by atoms with Gasteiger partial charge in [0.05, 0.1) is 0 Å². The van der Waals surface area contributed by atoms with E-state index in [-0.39, 0.29) is 0 Å². The van der Waals surface area contributed by atoms with Gasteiger partial charge < -0.3 is 14.8 Å². The Hall–Kier alpha value is -1.49. The molecule has 2 N–H and O–H groups in total. The number of benzene rings is 1. The minimum absolute atomic E-state index is 0.424. The fraction of sp³-hybridized carbons (Fsp3) is 0.125. The first-order valence-electron chi connectivity index (χ1n) is 3.74. The summed E-state index contributed by atoms with van der Waals surface area (Å²) in [5, 5.41) is 17.4. The van der Waals surface area contributed by atoms with Crippen LogP contribution in [-0.2, 0) is 4.65 Å². The molecule has 0 saturated heterocycles. The molecule has 13 heavy (non-hydrogen) atoms. The van der Waals surface area contributed by atoms with Gasteiger partial charge in [-0.2, -0.15) is 0 Å². The summed E-state index contributed by atoms with van der Waals surface area (Å²) in [6, 6.07) is 6.76. The Labute approximate surface area is 75.9 Å². The molecule has 0 heterocycles. The van der Waals surface area contributed by atoms with Crippen LogP contribution in [0.1, 0.15) is 5.56 Å². The molecule has 0 aromatic heterocycles. The molecule has 1 aromatic carbocycles. The van der Waals surface area contributed by atoms with Crippen LogP contribution >= 0.6 is 0 Å². The van der Waals surface area contributed by atoms with Gasteiger partial charge in [0.2, 0.25) is 0 Å². The minimum Gasteiger partial charge on any atom is -0.473 e. The smallest absolute Gasteiger partial charge is 0.473 e. The molecule has 68 valence electrons. The van der Waals surface area contributed by atoms with Crippen molar-refractivity contribution in [2.24, 2.45) is 0 Å². The van der Waals surface area contributed by atoms with Gasteiger partial charge in [-0.25, -0.2) is 4.79 Å². The molecule has 0 aliphatic heterocycles. The van der Waals surface area contributed by atoms with Gasteiger partial charge in [0.1, 0.15) is 0 Å². The SMILES string of the molecule is Cc1ccc(B(O)OC(=O)O)cc1. The lowest BCUT2D eigenvalue weighted by molar-refractivity contribution is 0.137. The van der Waals surface area contributed by atoms with Crippen LogP contribution in [0.2, 0.25) is 0 Å². The standard InChI is InChI=1S/C8H9BO4/c1-6-2-4-7(5-3-6)9(12)13-8(10)11/h2-5,12H,1H3,(H,10,11). The van der Waals surface area contributed by atoms with Crippen LogP contribution < -0.4 is 5.46 Å².